The van der Waals surface area contributed by atoms with Crippen molar-refractivity contribution in [2.75, 3.05) is 26.0 Å². The number of imidazole rings is 1. The number of fused-ring (bicyclic) bond motifs is 1. The van der Waals surface area contributed by atoms with E-state index in [0.29, 0.717) is 16.9 Å². The predicted molar refractivity (Wildman–Crippen MR) is 94.3 cm³/mol. The summed E-state index contributed by atoms with van der Waals surface area (Å²) in [5, 5.41) is 26.7. The summed E-state index contributed by atoms with van der Waals surface area (Å²) in [6.07, 6.45) is -0.657. The highest BCUT2D eigenvalue weighted by Gasteiger charge is 2.43. The minimum absolute atomic E-state index is 0.183. The third kappa shape index (κ3) is 3.78. The fraction of sp³-hybridized carbons (Fsp3) is 0.562. The van der Waals surface area contributed by atoms with Gasteiger partial charge < -0.3 is 35.5 Å². The summed E-state index contributed by atoms with van der Waals surface area (Å²) in [6, 6.07) is 1.01. The average molecular weight is 364 g/mol. The lowest BCUT2D eigenvalue weighted by Crippen LogP contribution is -2.64. The fourth-order valence-corrected chi connectivity index (χ4v) is 3.03. The number of hydrogen-bond acceptors (Lipinski definition) is 8. The number of nitrogens with zero attached hydrogens (tertiary/aromatic N) is 3. The molecule has 1 aliphatic heterocycles. The van der Waals surface area contributed by atoms with E-state index in [1.807, 2.05) is 0 Å². The monoisotopic (exact) mass is 364 g/mol. The number of likely N-dealkylation sites (N-methyl/N-ethyl adjacent to an activating group) is 1. The second kappa shape index (κ2) is 7.54. The van der Waals surface area contributed by atoms with E-state index in [1.165, 1.54) is 6.33 Å². The van der Waals surface area contributed by atoms with Crippen molar-refractivity contribution in [1.29, 1.82) is 0 Å². The molecule has 1 amide bonds. The molecular formula is C16H24N6O4. The number of nitrogens with one attached hydrogen (secondary N) is 3. The number of amides is 1. The van der Waals surface area contributed by atoms with Gasteiger partial charge in [-0.25, -0.2) is 9.97 Å². The highest BCUT2D eigenvalue weighted by molar-refractivity contribution is 5.84. The van der Waals surface area contributed by atoms with Crippen LogP contribution in [-0.2, 0) is 9.53 Å². The molecule has 10 nitrogen and oxygen atoms in total. The number of rotatable bonds is 5. The first kappa shape index (κ1) is 18.5. The number of carbonyl (C=O) groups excluding carboxylic acids is 1. The van der Waals surface area contributed by atoms with Crippen molar-refractivity contribution in [2.24, 2.45) is 0 Å². The molecule has 2 aromatic heterocycles. The van der Waals surface area contributed by atoms with E-state index in [-0.39, 0.29) is 12.5 Å². The molecule has 0 radical (unpaired) electrons. The lowest BCUT2D eigenvalue weighted by atomic mass is 9.96. The number of aliphatic hydroxyl groups excluding tert-OH is 2. The SMILES string of the molecule is C[C@@H]1O[C@H](Nc2ccnc3nc[nH]c23)[C@H](O)[C@H](O)[C@H]1NC(=O)CN(C)C. The quantitative estimate of drug-likeness (QED) is 0.450. The summed E-state index contributed by atoms with van der Waals surface area (Å²) in [4.78, 5) is 24.9. The standard InChI is InChI=1S/C16H24N6O4/c1-8-11(21-10(23)6-22(2)3)13(24)14(25)16(26-8)20-9-4-5-17-15-12(9)18-7-19-15/h4-5,7-8,11,13-14,16,24-25H,6H2,1-3H3,(H,21,23)(H2,17,18,19,20)/t8-,11-,13+,14+,16-/m0/s1. The molecule has 1 saturated heterocycles. The number of carbonyl (C=O) groups is 1. The number of aliphatic hydroxyl groups is 2. The Morgan fingerprint density at radius 3 is 2.85 bits per heavy atom. The van der Waals surface area contributed by atoms with Crippen LogP contribution in [0.2, 0.25) is 0 Å². The van der Waals surface area contributed by atoms with Crippen molar-refractivity contribution in [3.8, 4) is 0 Å². The Morgan fingerprint density at radius 1 is 1.35 bits per heavy atom. The minimum atomic E-state index is -1.23. The van der Waals surface area contributed by atoms with Crippen LogP contribution in [-0.4, -0.2) is 87.2 Å². The van der Waals surface area contributed by atoms with Gasteiger partial charge in [0.15, 0.2) is 11.9 Å². The molecule has 5 atom stereocenters. The highest BCUT2D eigenvalue weighted by Crippen LogP contribution is 2.25. The molecular weight excluding hydrogens is 340 g/mol. The number of hydrogen-bond donors (Lipinski definition) is 5. The third-order valence-corrected chi connectivity index (χ3v) is 4.31. The molecule has 3 rings (SSSR count). The van der Waals surface area contributed by atoms with Gasteiger partial charge in [0.1, 0.15) is 17.7 Å². The summed E-state index contributed by atoms with van der Waals surface area (Å²) in [5.74, 6) is -0.249. The normalized spacial score (nSPS) is 29.1. The Hall–Kier alpha value is -2.27. The van der Waals surface area contributed by atoms with E-state index < -0.39 is 30.6 Å². The van der Waals surface area contributed by atoms with Crippen LogP contribution >= 0.6 is 0 Å². The van der Waals surface area contributed by atoms with Crippen LogP contribution < -0.4 is 10.6 Å². The van der Waals surface area contributed by atoms with Gasteiger partial charge in [0.05, 0.1) is 30.7 Å². The molecule has 1 aliphatic rings. The zero-order chi connectivity index (χ0) is 18.8. The number of aromatic amines is 1. The van der Waals surface area contributed by atoms with Crippen LogP contribution in [0.25, 0.3) is 11.2 Å². The number of ether oxygens (including phenoxy) is 1. The Labute approximate surface area is 150 Å². The topological polar surface area (TPSA) is 136 Å². The predicted octanol–water partition coefficient (Wildman–Crippen LogP) is -1.12. The second-order valence-corrected chi connectivity index (χ2v) is 6.68. The van der Waals surface area contributed by atoms with Crippen molar-refractivity contribution in [2.45, 2.75) is 37.5 Å². The molecule has 0 aliphatic carbocycles. The molecule has 0 unspecified atom stereocenters. The molecule has 0 aromatic carbocycles. The minimum Gasteiger partial charge on any atom is -0.388 e. The molecule has 142 valence electrons. The lowest BCUT2D eigenvalue weighted by molar-refractivity contribution is -0.172. The van der Waals surface area contributed by atoms with Gasteiger partial charge in [0.2, 0.25) is 5.91 Å². The van der Waals surface area contributed by atoms with Crippen molar-refractivity contribution in [3.63, 3.8) is 0 Å². The summed E-state index contributed by atoms with van der Waals surface area (Å²) in [5.41, 5.74) is 1.85. The van der Waals surface area contributed by atoms with Gasteiger partial charge in [-0.15, -0.1) is 0 Å². The van der Waals surface area contributed by atoms with Gasteiger partial charge in [0, 0.05) is 6.20 Å². The van der Waals surface area contributed by atoms with Gasteiger partial charge in [-0.3, -0.25) is 4.79 Å². The van der Waals surface area contributed by atoms with Crippen LogP contribution in [0.3, 0.4) is 0 Å². The van der Waals surface area contributed by atoms with Crippen LogP contribution in [0.5, 0.6) is 0 Å². The third-order valence-electron chi connectivity index (χ3n) is 4.31. The second-order valence-electron chi connectivity index (χ2n) is 6.68. The van der Waals surface area contributed by atoms with Gasteiger partial charge >= 0.3 is 0 Å². The molecule has 26 heavy (non-hydrogen) atoms. The van der Waals surface area contributed by atoms with Crippen molar-refractivity contribution < 1.29 is 19.7 Å². The Morgan fingerprint density at radius 2 is 2.12 bits per heavy atom. The van der Waals surface area contributed by atoms with Crippen LogP contribution in [0.15, 0.2) is 18.6 Å². The number of aromatic nitrogens is 3. The summed E-state index contributed by atoms with van der Waals surface area (Å²) in [6.45, 7) is 1.92. The van der Waals surface area contributed by atoms with Crippen LogP contribution in [0.1, 0.15) is 6.92 Å². The van der Waals surface area contributed by atoms with Gasteiger partial charge in [-0.05, 0) is 27.1 Å². The van der Waals surface area contributed by atoms with Crippen molar-refractivity contribution in [1.82, 2.24) is 25.2 Å². The maximum absolute atomic E-state index is 12.0. The molecule has 0 spiro atoms. The number of pyridine rings is 1. The van der Waals surface area contributed by atoms with E-state index in [9.17, 15) is 15.0 Å². The van der Waals surface area contributed by atoms with E-state index in [0.717, 1.165) is 0 Å². The first-order valence-corrected chi connectivity index (χ1v) is 8.37. The zero-order valence-corrected chi connectivity index (χ0v) is 14.9. The summed E-state index contributed by atoms with van der Waals surface area (Å²) in [7, 11) is 3.55. The number of H-pyrrole nitrogens is 1. The molecule has 5 N–H and O–H groups in total. The van der Waals surface area contributed by atoms with Gasteiger partial charge in [0.25, 0.3) is 0 Å². The molecule has 1 fully saturated rings. The molecule has 10 heteroatoms. The van der Waals surface area contributed by atoms with Crippen molar-refractivity contribution >= 4 is 22.8 Å². The Kier molecular flexibility index (Phi) is 5.37. The fourth-order valence-electron chi connectivity index (χ4n) is 3.03. The lowest BCUT2D eigenvalue weighted by Gasteiger charge is -2.42. The van der Waals surface area contributed by atoms with E-state index in [2.05, 4.69) is 25.6 Å². The maximum Gasteiger partial charge on any atom is 0.234 e. The molecule has 0 saturated carbocycles. The summed E-state index contributed by atoms with van der Waals surface area (Å²) >= 11 is 0. The Balaban J connectivity index is 1.70. The molecule has 2 aromatic rings. The molecule has 3 heterocycles. The highest BCUT2D eigenvalue weighted by atomic mass is 16.5. The van der Waals surface area contributed by atoms with Crippen LogP contribution in [0, 0.1) is 0 Å². The van der Waals surface area contributed by atoms with E-state index in [1.54, 1.807) is 38.2 Å². The first-order chi connectivity index (χ1) is 12.4. The van der Waals surface area contributed by atoms with E-state index in [4.69, 9.17) is 4.74 Å². The van der Waals surface area contributed by atoms with Gasteiger partial charge in [-0.2, -0.15) is 0 Å². The average Bonchev–Trinajstić information content (AvgIpc) is 3.05. The largest absolute Gasteiger partial charge is 0.388 e. The smallest absolute Gasteiger partial charge is 0.234 e. The zero-order valence-electron chi connectivity index (χ0n) is 14.9. The van der Waals surface area contributed by atoms with Gasteiger partial charge in [-0.1, -0.05) is 0 Å². The maximum atomic E-state index is 12.0. The van der Waals surface area contributed by atoms with Crippen LogP contribution in [0.4, 0.5) is 5.69 Å². The molecule has 0 bridgehead atoms. The first-order valence-electron chi connectivity index (χ1n) is 8.37. The Bertz CT molecular complexity index is 766. The number of anilines is 1. The summed E-state index contributed by atoms with van der Waals surface area (Å²) < 4.78 is 5.81. The van der Waals surface area contributed by atoms with Crippen molar-refractivity contribution in [3.05, 3.63) is 18.6 Å². The van der Waals surface area contributed by atoms with E-state index >= 15 is 0 Å².